The van der Waals surface area contributed by atoms with Crippen molar-refractivity contribution in [1.29, 1.82) is 5.26 Å². The number of hydrogen-bond acceptors (Lipinski definition) is 5. The molecule has 0 fully saturated rings. The largest absolute Gasteiger partial charge is 0.309 e. The average molecular weight is 189 g/mol. The van der Waals surface area contributed by atoms with Crippen LogP contribution >= 0.6 is 0 Å². The van der Waals surface area contributed by atoms with Gasteiger partial charge in [0.05, 0.1) is 12.5 Å². The van der Waals surface area contributed by atoms with Crippen LogP contribution in [0.1, 0.15) is 12.2 Å². The van der Waals surface area contributed by atoms with E-state index in [0.29, 0.717) is 19.4 Å². The third-order valence-corrected chi connectivity index (χ3v) is 1.42. The first-order valence-corrected chi connectivity index (χ1v) is 4.30. The summed E-state index contributed by atoms with van der Waals surface area (Å²) >= 11 is 0. The molecule has 1 heterocycles. The predicted octanol–water partition coefficient (Wildman–Crippen LogP) is 0.508. The summed E-state index contributed by atoms with van der Waals surface area (Å²) in [6.45, 7) is 0.572. The molecule has 0 saturated carbocycles. The Labute approximate surface area is 82.5 Å². The lowest BCUT2D eigenvalue weighted by atomic mass is 10.4. The zero-order chi connectivity index (χ0) is 10.1. The number of hydrazone groups is 1. The molecule has 0 radical (unpaired) electrons. The van der Waals surface area contributed by atoms with Crippen LogP contribution in [0.2, 0.25) is 0 Å². The van der Waals surface area contributed by atoms with Crippen LogP contribution in [-0.4, -0.2) is 22.7 Å². The molecule has 0 spiro atoms. The molecule has 0 aliphatic carbocycles. The Morgan fingerprint density at radius 1 is 1.50 bits per heavy atom. The molecular formula is C9H11N5. The molecule has 14 heavy (non-hydrogen) atoms. The molecule has 0 aliphatic rings. The van der Waals surface area contributed by atoms with E-state index in [1.54, 1.807) is 24.7 Å². The molecule has 1 aromatic rings. The van der Waals surface area contributed by atoms with E-state index >= 15 is 0 Å². The van der Waals surface area contributed by atoms with E-state index in [2.05, 4.69) is 20.5 Å². The van der Waals surface area contributed by atoms with Crippen molar-refractivity contribution in [3.63, 3.8) is 0 Å². The van der Waals surface area contributed by atoms with Gasteiger partial charge in [0, 0.05) is 31.6 Å². The molecule has 5 nitrogen and oxygen atoms in total. The monoisotopic (exact) mass is 189 g/mol. The molecule has 0 atom stereocenters. The van der Waals surface area contributed by atoms with Gasteiger partial charge in [0.15, 0.2) is 0 Å². The number of hydrogen-bond donors (Lipinski definition) is 1. The van der Waals surface area contributed by atoms with Crippen LogP contribution in [0, 0.1) is 11.3 Å². The van der Waals surface area contributed by atoms with Crippen LogP contribution in [0.15, 0.2) is 23.6 Å². The lowest BCUT2D eigenvalue weighted by Gasteiger charge is -1.94. The normalized spacial score (nSPS) is 9.93. The fourth-order valence-corrected chi connectivity index (χ4v) is 0.804. The lowest BCUT2D eigenvalue weighted by Crippen LogP contribution is -2.07. The first-order valence-electron chi connectivity index (χ1n) is 4.30. The maximum absolute atomic E-state index is 8.24. The van der Waals surface area contributed by atoms with E-state index in [0.717, 1.165) is 5.82 Å². The summed E-state index contributed by atoms with van der Waals surface area (Å²) < 4.78 is 0. The molecule has 5 heteroatoms. The highest BCUT2D eigenvalue weighted by Gasteiger charge is 1.89. The van der Waals surface area contributed by atoms with Crippen LogP contribution in [0.5, 0.6) is 0 Å². The fourth-order valence-electron chi connectivity index (χ4n) is 0.804. The zero-order valence-corrected chi connectivity index (χ0v) is 7.72. The second-order valence-corrected chi connectivity index (χ2v) is 2.50. The molecule has 1 aromatic heterocycles. The second-order valence-electron chi connectivity index (χ2n) is 2.50. The Kier molecular flexibility index (Phi) is 4.73. The standard InChI is InChI=1S/C9H11N5/c10-4-1-7-13-14-8-3-9-11-5-2-6-12-9/h2,5-6,8,13H,1,3,7H2. The van der Waals surface area contributed by atoms with Crippen molar-refractivity contribution in [3.05, 3.63) is 24.3 Å². The van der Waals surface area contributed by atoms with Crippen LogP contribution in [-0.2, 0) is 6.42 Å². The maximum Gasteiger partial charge on any atom is 0.133 e. The Balaban J connectivity index is 2.18. The van der Waals surface area contributed by atoms with Crippen molar-refractivity contribution in [1.82, 2.24) is 15.4 Å². The highest BCUT2D eigenvalue weighted by atomic mass is 15.3. The van der Waals surface area contributed by atoms with Crippen molar-refractivity contribution < 1.29 is 0 Å². The molecule has 72 valence electrons. The van der Waals surface area contributed by atoms with E-state index in [-0.39, 0.29) is 0 Å². The number of nitrogens with zero attached hydrogens (tertiary/aromatic N) is 4. The SMILES string of the molecule is N#CCCNN=CCc1ncccn1. The minimum Gasteiger partial charge on any atom is -0.309 e. The molecule has 0 aliphatic heterocycles. The Hall–Kier alpha value is -1.96. The van der Waals surface area contributed by atoms with Gasteiger partial charge in [-0.1, -0.05) is 0 Å². The predicted molar refractivity (Wildman–Crippen MR) is 52.5 cm³/mol. The Morgan fingerprint density at radius 3 is 3.00 bits per heavy atom. The molecular weight excluding hydrogens is 178 g/mol. The van der Waals surface area contributed by atoms with Gasteiger partial charge in [-0.05, 0) is 6.07 Å². The minimum absolute atomic E-state index is 0.458. The van der Waals surface area contributed by atoms with Crippen molar-refractivity contribution in [3.8, 4) is 6.07 Å². The Bertz CT molecular complexity index is 314. The maximum atomic E-state index is 8.24. The topological polar surface area (TPSA) is 74.0 Å². The van der Waals surface area contributed by atoms with E-state index < -0.39 is 0 Å². The van der Waals surface area contributed by atoms with Gasteiger partial charge in [-0.15, -0.1) is 0 Å². The van der Waals surface area contributed by atoms with Crippen LogP contribution in [0.4, 0.5) is 0 Å². The van der Waals surface area contributed by atoms with Crippen molar-refractivity contribution in [2.24, 2.45) is 5.10 Å². The van der Waals surface area contributed by atoms with Gasteiger partial charge in [0.1, 0.15) is 5.82 Å². The van der Waals surface area contributed by atoms with Crippen molar-refractivity contribution >= 4 is 6.21 Å². The van der Waals surface area contributed by atoms with Gasteiger partial charge < -0.3 is 5.43 Å². The first-order chi connectivity index (χ1) is 6.93. The van der Waals surface area contributed by atoms with E-state index in [1.165, 1.54) is 0 Å². The number of nitrogens with one attached hydrogen (secondary N) is 1. The Morgan fingerprint density at radius 2 is 2.29 bits per heavy atom. The zero-order valence-electron chi connectivity index (χ0n) is 7.72. The van der Waals surface area contributed by atoms with Crippen LogP contribution < -0.4 is 5.43 Å². The minimum atomic E-state index is 0.458. The molecule has 0 bridgehead atoms. The van der Waals surface area contributed by atoms with Gasteiger partial charge in [0.2, 0.25) is 0 Å². The summed E-state index contributed by atoms with van der Waals surface area (Å²) in [6.07, 6.45) is 6.13. The fraction of sp³-hybridized carbons (Fsp3) is 0.333. The van der Waals surface area contributed by atoms with E-state index in [9.17, 15) is 0 Å². The van der Waals surface area contributed by atoms with Gasteiger partial charge in [-0.2, -0.15) is 10.4 Å². The molecule has 0 amide bonds. The van der Waals surface area contributed by atoms with Gasteiger partial charge in [-0.3, -0.25) is 0 Å². The van der Waals surface area contributed by atoms with Crippen LogP contribution in [0.3, 0.4) is 0 Å². The molecule has 1 rings (SSSR count). The van der Waals surface area contributed by atoms with Crippen LogP contribution in [0.25, 0.3) is 0 Å². The average Bonchev–Trinajstić information content (AvgIpc) is 2.25. The first kappa shape index (κ1) is 10.1. The smallest absolute Gasteiger partial charge is 0.133 e. The highest BCUT2D eigenvalue weighted by Crippen LogP contribution is 1.85. The molecule has 0 saturated heterocycles. The number of rotatable bonds is 5. The van der Waals surface area contributed by atoms with Crippen molar-refractivity contribution in [2.75, 3.05) is 6.54 Å². The summed E-state index contributed by atoms with van der Waals surface area (Å²) in [4.78, 5) is 8.06. The summed E-state index contributed by atoms with van der Waals surface area (Å²) in [7, 11) is 0. The number of nitriles is 1. The van der Waals surface area contributed by atoms with Crippen molar-refractivity contribution in [2.45, 2.75) is 12.8 Å². The molecule has 1 N–H and O–H groups in total. The summed E-state index contributed by atoms with van der Waals surface area (Å²) in [5.41, 5.74) is 2.75. The summed E-state index contributed by atoms with van der Waals surface area (Å²) in [5.74, 6) is 0.735. The van der Waals surface area contributed by atoms with Gasteiger partial charge in [-0.25, -0.2) is 9.97 Å². The lowest BCUT2D eigenvalue weighted by molar-refractivity contribution is 0.747. The molecule has 0 unspecified atom stereocenters. The third-order valence-electron chi connectivity index (χ3n) is 1.42. The quantitative estimate of drug-likeness (QED) is 0.416. The van der Waals surface area contributed by atoms with Gasteiger partial charge >= 0.3 is 0 Å². The second kappa shape index (κ2) is 6.54. The summed E-state index contributed by atoms with van der Waals surface area (Å²) in [5, 5.41) is 12.1. The highest BCUT2D eigenvalue weighted by molar-refractivity contribution is 5.59. The third kappa shape index (κ3) is 4.16. The van der Waals surface area contributed by atoms with Gasteiger partial charge in [0.25, 0.3) is 0 Å². The number of aromatic nitrogens is 2. The summed E-state index contributed by atoms with van der Waals surface area (Å²) in [6, 6.07) is 3.78. The van der Waals surface area contributed by atoms with E-state index in [4.69, 9.17) is 5.26 Å². The molecule has 0 aromatic carbocycles. The van der Waals surface area contributed by atoms with E-state index in [1.807, 2.05) is 6.07 Å².